The number of imidazole rings is 1. The number of fused-ring (bicyclic) bond motifs is 1. The fraction of sp³-hybridized carbons (Fsp3) is 0.345. The van der Waals surface area contributed by atoms with Crippen LogP contribution in [0.3, 0.4) is 0 Å². The van der Waals surface area contributed by atoms with Crippen molar-refractivity contribution in [1.82, 2.24) is 19.3 Å². The quantitative estimate of drug-likeness (QED) is 0.300. The van der Waals surface area contributed by atoms with Gasteiger partial charge in [0.15, 0.2) is 0 Å². The molecule has 0 amide bonds. The minimum Gasteiger partial charge on any atom is -0.487 e. The van der Waals surface area contributed by atoms with Gasteiger partial charge in [0.25, 0.3) is 0 Å². The molecule has 0 saturated heterocycles. The highest BCUT2D eigenvalue weighted by Gasteiger charge is 2.38. The van der Waals surface area contributed by atoms with E-state index in [0.717, 1.165) is 47.4 Å². The molecule has 2 aromatic heterocycles. The maximum Gasteiger partial charge on any atom is 0.490 e. The molecule has 2 N–H and O–H groups in total. The molecule has 2 atom stereocenters. The van der Waals surface area contributed by atoms with E-state index in [0.29, 0.717) is 30.9 Å². The Balaban J connectivity index is 0.000000517. The summed E-state index contributed by atoms with van der Waals surface area (Å²) in [5.41, 5.74) is 4.18. The Morgan fingerprint density at radius 1 is 1.10 bits per heavy atom. The minimum atomic E-state index is -5.08. The van der Waals surface area contributed by atoms with Crippen LogP contribution < -0.4 is 4.74 Å². The Kier molecular flexibility index (Phi) is 9.15. The third-order valence-electron chi connectivity index (χ3n) is 6.99. The Morgan fingerprint density at radius 3 is 2.38 bits per heavy atom. The van der Waals surface area contributed by atoms with Crippen LogP contribution >= 0.6 is 0 Å². The Morgan fingerprint density at radius 2 is 1.79 bits per heavy atom. The van der Waals surface area contributed by atoms with E-state index in [2.05, 4.69) is 15.7 Å². The zero-order valence-corrected chi connectivity index (χ0v) is 22.6. The zero-order valence-electron chi connectivity index (χ0n) is 22.6. The van der Waals surface area contributed by atoms with Gasteiger partial charge in [-0.3, -0.25) is 9.48 Å². The summed E-state index contributed by atoms with van der Waals surface area (Å²) in [6.45, 7) is 0.886. The van der Waals surface area contributed by atoms with Crippen molar-refractivity contribution in [3.63, 3.8) is 0 Å². The number of carboxylic acids is 2. The molecular formula is C29H28F3N5O5. The third-order valence-corrected chi connectivity index (χ3v) is 6.99. The monoisotopic (exact) mass is 583 g/mol. The van der Waals surface area contributed by atoms with E-state index in [1.54, 1.807) is 16.8 Å². The van der Waals surface area contributed by atoms with Crippen molar-refractivity contribution in [2.75, 3.05) is 0 Å². The van der Waals surface area contributed by atoms with E-state index in [1.165, 1.54) is 0 Å². The molecule has 13 heteroatoms. The fourth-order valence-corrected chi connectivity index (χ4v) is 4.96. The van der Waals surface area contributed by atoms with Gasteiger partial charge in [-0.05, 0) is 48.7 Å². The molecule has 4 aromatic rings. The van der Waals surface area contributed by atoms with Crippen LogP contribution in [-0.4, -0.2) is 47.7 Å². The van der Waals surface area contributed by atoms with Crippen LogP contribution in [0.25, 0.3) is 11.0 Å². The second-order valence-electron chi connectivity index (χ2n) is 9.92. The second kappa shape index (κ2) is 12.8. The molecule has 0 unspecified atom stereocenters. The van der Waals surface area contributed by atoms with Crippen molar-refractivity contribution in [3.05, 3.63) is 77.4 Å². The first-order chi connectivity index (χ1) is 20.0. The molecule has 0 spiro atoms. The number of rotatable bonds is 7. The lowest BCUT2D eigenvalue weighted by Gasteiger charge is -2.28. The molecule has 1 aliphatic carbocycles. The van der Waals surface area contributed by atoms with Gasteiger partial charge in [-0.25, -0.2) is 9.78 Å². The summed E-state index contributed by atoms with van der Waals surface area (Å²) in [5, 5.41) is 30.5. The molecule has 0 radical (unpaired) electrons. The summed E-state index contributed by atoms with van der Waals surface area (Å²) >= 11 is 0. The van der Waals surface area contributed by atoms with Crippen molar-refractivity contribution >= 4 is 23.0 Å². The van der Waals surface area contributed by atoms with Gasteiger partial charge in [-0.15, -0.1) is 0 Å². The molecule has 2 aromatic carbocycles. The van der Waals surface area contributed by atoms with Crippen LogP contribution in [0.5, 0.6) is 5.75 Å². The summed E-state index contributed by atoms with van der Waals surface area (Å²) in [6, 6.07) is 17.3. The number of aryl methyl sites for hydroxylation is 1. The van der Waals surface area contributed by atoms with Crippen molar-refractivity contribution in [2.24, 2.45) is 13.0 Å². The van der Waals surface area contributed by atoms with E-state index >= 15 is 0 Å². The number of nitrogens with zero attached hydrogens (tertiary/aromatic N) is 5. The molecule has 0 bridgehead atoms. The normalized spacial score (nSPS) is 16.7. The number of carboxylic acid groups (broad SMARTS) is 2. The van der Waals surface area contributed by atoms with Crippen LogP contribution in [0.2, 0.25) is 0 Å². The lowest BCUT2D eigenvalue weighted by molar-refractivity contribution is -0.192. The van der Waals surface area contributed by atoms with Gasteiger partial charge in [-0.2, -0.15) is 23.5 Å². The number of aliphatic carboxylic acids is 2. The summed E-state index contributed by atoms with van der Waals surface area (Å²) in [4.78, 5) is 25.9. The largest absolute Gasteiger partial charge is 0.490 e. The van der Waals surface area contributed by atoms with Gasteiger partial charge >= 0.3 is 18.1 Å². The maximum atomic E-state index is 12.1. The van der Waals surface area contributed by atoms with Gasteiger partial charge in [0.2, 0.25) is 0 Å². The average Bonchev–Trinajstić information content (AvgIpc) is 3.54. The van der Waals surface area contributed by atoms with Crippen molar-refractivity contribution in [1.29, 1.82) is 5.26 Å². The number of carbonyl (C=O) groups is 2. The number of hydrogen-bond donors (Lipinski definition) is 2. The van der Waals surface area contributed by atoms with E-state index in [-0.39, 0.29) is 5.92 Å². The molecule has 0 aliphatic heterocycles. The Labute approximate surface area is 238 Å². The van der Waals surface area contributed by atoms with Gasteiger partial charge in [0.1, 0.15) is 18.2 Å². The molecule has 2 heterocycles. The van der Waals surface area contributed by atoms with Gasteiger partial charge in [0.05, 0.1) is 34.3 Å². The minimum absolute atomic E-state index is 0.148. The molecule has 220 valence electrons. The van der Waals surface area contributed by atoms with Crippen LogP contribution in [0, 0.1) is 17.2 Å². The standard InChI is InChI=1S/C27H27N5O3.C2HF3O2/c1-31-13-12-20(30-31)17-35-21-10-11-24-25(14-21)32(16-19-8-6-18(15-28)7-9-19)26(29-24)22-4-2-3-5-23(22)27(33)34;3-2(4,5)1(6)7/h6-14,22-23H,2-5,16-17H2,1H3,(H,33,34);(H,6,7)/t22-,23+;/m0./s1. The van der Waals surface area contributed by atoms with Gasteiger partial charge < -0.3 is 19.5 Å². The highest BCUT2D eigenvalue weighted by Crippen LogP contribution is 2.39. The SMILES string of the molecule is Cn1ccc(COc2ccc3nc([C@H]4CCCC[C@H]4C(=O)O)n(Cc4ccc(C#N)cc4)c3c2)n1.O=C(O)C(F)(F)F. The fourth-order valence-electron chi connectivity index (χ4n) is 4.96. The van der Waals surface area contributed by atoms with Crippen molar-refractivity contribution < 1.29 is 37.7 Å². The number of halogens is 3. The van der Waals surface area contributed by atoms with Crippen LogP contribution in [0.1, 0.15) is 54.2 Å². The van der Waals surface area contributed by atoms with Crippen LogP contribution in [0.15, 0.2) is 54.7 Å². The first kappa shape index (κ1) is 30.1. The Bertz CT molecular complexity index is 1600. The molecule has 42 heavy (non-hydrogen) atoms. The highest BCUT2D eigenvalue weighted by molar-refractivity contribution is 5.79. The van der Waals surface area contributed by atoms with Crippen molar-refractivity contribution in [2.45, 2.75) is 50.9 Å². The molecule has 5 rings (SSSR count). The highest BCUT2D eigenvalue weighted by atomic mass is 19.4. The smallest absolute Gasteiger partial charge is 0.487 e. The Hall–Kier alpha value is -4.86. The van der Waals surface area contributed by atoms with Crippen LogP contribution in [0.4, 0.5) is 13.2 Å². The molecule has 1 aliphatic rings. The summed E-state index contributed by atoms with van der Waals surface area (Å²) in [7, 11) is 1.87. The first-order valence-electron chi connectivity index (χ1n) is 13.1. The second-order valence-corrected chi connectivity index (χ2v) is 9.92. The lowest BCUT2D eigenvalue weighted by Crippen LogP contribution is -2.27. The predicted octanol–water partition coefficient (Wildman–Crippen LogP) is 5.26. The number of nitriles is 1. The number of benzene rings is 2. The average molecular weight is 584 g/mol. The summed E-state index contributed by atoms with van der Waals surface area (Å²) < 4.78 is 41.6. The summed E-state index contributed by atoms with van der Waals surface area (Å²) in [6.07, 6.45) is 0.181. The number of alkyl halides is 3. The summed E-state index contributed by atoms with van der Waals surface area (Å²) in [5.74, 6) is -2.60. The number of hydrogen-bond acceptors (Lipinski definition) is 6. The van der Waals surface area contributed by atoms with Gasteiger partial charge in [0, 0.05) is 31.8 Å². The predicted molar refractivity (Wildman–Crippen MR) is 144 cm³/mol. The molecular weight excluding hydrogens is 555 g/mol. The van der Waals surface area contributed by atoms with Crippen LogP contribution in [-0.2, 0) is 29.8 Å². The number of ether oxygens (including phenoxy) is 1. The molecule has 10 nitrogen and oxygen atoms in total. The topological polar surface area (TPSA) is 143 Å². The van der Waals surface area contributed by atoms with E-state index < -0.39 is 24.0 Å². The van der Waals surface area contributed by atoms with Crippen molar-refractivity contribution in [3.8, 4) is 11.8 Å². The molecule has 1 fully saturated rings. The van der Waals surface area contributed by atoms with E-state index in [4.69, 9.17) is 24.9 Å². The maximum absolute atomic E-state index is 12.1. The zero-order chi connectivity index (χ0) is 30.4. The lowest BCUT2D eigenvalue weighted by atomic mass is 9.78. The van der Waals surface area contributed by atoms with E-state index in [9.17, 15) is 23.1 Å². The third kappa shape index (κ3) is 7.25. The molecule has 1 saturated carbocycles. The first-order valence-corrected chi connectivity index (χ1v) is 13.1. The number of aromatic nitrogens is 4. The van der Waals surface area contributed by atoms with Gasteiger partial charge in [-0.1, -0.05) is 25.0 Å². The van der Waals surface area contributed by atoms with E-state index in [1.807, 2.05) is 49.6 Å².